The summed E-state index contributed by atoms with van der Waals surface area (Å²) >= 11 is 0. The predicted octanol–water partition coefficient (Wildman–Crippen LogP) is 3.35. The number of rotatable bonds is 5. The van der Waals surface area contributed by atoms with Crippen LogP contribution in [0.15, 0.2) is 36.4 Å². The summed E-state index contributed by atoms with van der Waals surface area (Å²) in [6, 6.07) is 11.2. The van der Waals surface area contributed by atoms with E-state index in [1.807, 2.05) is 6.07 Å². The molecule has 0 aliphatic carbocycles. The molecule has 8 nitrogen and oxygen atoms in total. The third kappa shape index (κ3) is 3.28. The number of nitriles is 1. The molecular weight excluding hydrogens is 336 g/mol. The van der Waals surface area contributed by atoms with E-state index in [9.17, 15) is 14.9 Å². The topological polar surface area (TPSA) is 108 Å². The summed E-state index contributed by atoms with van der Waals surface area (Å²) in [4.78, 5) is 24.3. The normalized spacial score (nSPS) is 13.4. The van der Waals surface area contributed by atoms with Gasteiger partial charge in [-0.3, -0.25) is 14.9 Å². The predicted molar refractivity (Wildman–Crippen MR) is 95.7 cm³/mol. The highest BCUT2D eigenvalue weighted by Crippen LogP contribution is 2.36. The number of nitro benzene ring substituents is 1. The molecule has 0 bridgehead atoms. The third-order valence-electron chi connectivity index (χ3n) is 4.15. The molecule has 26 heavy (non-hydrogen) atoms. The molecule has 0 atom stereocenters. The Hall–Kier alpha value is -3.60. The molecule has 0 aromatic heterocycles. The smallest absolute Gasteiger partial charge is 0.292 e. The second kappa shape index (κ2) is 7.11. The van der Waals surface area contributed by atoms with Crippen molar-refractivity contribution < 1.29 is 14.5 Å². The minimum atomic E-state index is -0.516. The Morgan fingerprint density at radius 2 is 2.12 bits per heavy atom. The van der Waals surface area contributed by atoms with Crippen molar-refractivity contribution in [3.05, 3.63) is 52.1 Å². The summed E-state index contributed by atoms with van der Waals surface area (Å²) in [6.07, 6.45) is 1.31. The minimum absolute atomic E-state index is 0.0429. The number of anilines is 3. The van der Waals surface area contributed by atoms with E-state index in [4.69, 9.17) is 10.00 Å². The molecule has 132 valence electrons. The SMILES string of the molecule is COc1cc(Nc2cc(C#N)ccc2[N+](=O)[O-])ccc1N1CCCC1=O. The molecule has 1 aliphatic rings. The van der Waals surface area contributed by atoms with Gasteiger partial charge in [-0.05, 0) is 30.7 Å². The Kier molecular flexibility index (Phi) is 4.71. The van der Waals surface area contributed by atoms with Crippen LogP contribution in [0.2, 0.25) is 0 Å². The first-order chi connectivity index (χ1) is 12.5. The molecule has 1 N–H and O–H groups in total. The minimum Gasteiger partial charge on any atom is -0.494 e. The lowest BCUT2D eigenvalue weighted by molar-refractivity contribution is -0.383. The van der Waals surface area contributed by atoms with Crippen LogP contribution in [0.3, 0.4) is 0 Å². The summed E-state index contributed by atoms with van der Waals surface area (Å²) in [5.74, 6) is 0.533. The number of methoxy groups -OCH3 is 1. The van der Waals surface area contributed by atoms with Crippen molar-refractivity contribution in [3.63, 3.8) is 0 Å². The van der Waals surface area contributed by atoms with E-state index in [-0.39, 0.29) is 17.3 Å². The number of hydrogen-bond acceptors (Lipinski definition) is 6. The van der Waals surface area contributed by atoms with Gasteiger partial charge in [0.15, 0.2) is 0 Å². The largest absolute Gasteiger partial charge is 0.494 e. The van der Waals surface area contributed by atoms with Crippen molar-refractivity contribution in [2.45, 2.75) is 12.8 Å². The molecule has 0 unspecified atom stereocenters. The van der Waals surface area contributed by atoms with Crippen LogP contribution in [0.4, 0.5) is 22.7 Å². The molecule has 2 aromatic carbocycles. The van der Waals surface area contributed by atoms with Crippen molar-refractivity contribution in [1.82, 2.24) is 0 Å². The van der Waals surface area contributed by atoms with Gasteiger partial charge < -0.3 is 15.0 Å². The molecule has 8 heteroatoms. The zero-order valence-corrected chi connectivity index (χ0v) is 14.1. The number of carbonyl (C=O) groups excluding carboxylic acids is 1. The van der Waals surface area contributed by atoms with E-state index in [2.05, 4.69) is 5.32 Å². The van der Waals surface area contributed by atoms with Crippen LogP contribution in [0.5, 0.6) is 5.75 Å². The third-order valence-corrected chi connectivity index (χ3v) is 4.15. The Morgan fingerprint density at radius 3 is 2.73 bits per heavy atom. The standard InChI is InChI=1S/C18H16N4O4/c1-26-17-10-13(5-7-16(17)21-8-2-3-18(21)23)20-14-9-12(11-19)4-6-15(14)22(24)25/h4-7,9-10,20H,2-3,8H2,1H3. The number of nitro groups is 1. The number of nitrogens with one attached hydrogen (secondary N) is 1. The second-order valence-corrected chi connectivity index (χ2v) is 5.76. The van der Waals surface area contributed by atoms with Crippen molar-refractivity contribution in [2.75, 3.05) is 23.9 Å². The fourth-order valence-corrected chi connectivity index (χ4v) is 2.90. The zero-order valence-electron chi connectivity index (χ0n) is 14.1. The molecule has 1 heterocycles. The summed E-state index contributed by atoms with van der Waals surface area (Å²) < 4.78 is 5.39. The first-order valence-electron chi connectivity index (χ1n) is 7.97. The maximum Gasteiger partial charge on any atom is 0.292 e. The Labute approximate surface area is 149 Å². The fraction of sp³-hybridized carbons (Fsp3) is 0.222. The van der Waals surface area contributed by atoms with Crippen LogP contribution in [0.25, 0.3) is 0 Å². The van der Waals surface area contributed by atoms with Gasteiger partial charge in [0.25, 0.3) is 5.69 Å². The Balaban J connectivity index is 1.95. The zero-order chi connectivity index (χ0) is 18.7. The molecule has 1 saturated heterocycles. The highest BCUT2D eigenvalue weighted by atomic mass is 16.6. The van der Waals surface area contributed by atoms with E-state index in [1.54, 1.807) is 23.1 Å². The quantitative estimate of drug-likeness (QED) is 0.653. The van der Waals surface area contributed by atoms with Gasteiger partial charge in [-0.2, -0.15) is 5.26 Å². The highest BCUT2D eigenvalue weighted by Gasteiger charge is 2.24. The van der Waals surface area contributed by atoms with Gasteiger partial charge in [0.05, 0.1) is 29.4 Å². The van der Waals surface area contributed by atoms with Crippen LogP contribution < -0.4 is 15.0 Å². The molecule has 0 spiro atoms. The van der Waals surface area contributed by atoms with Crippen molar-refractivity contribution in [1.29, 1.82) is 5.26 Å². The van der Waals surface area contributed by atoms with E-state index in [0.717, 1.165) is 6.42 Å². The number of benzene rings is 2. The van der Waals surface area contributed by atoms with E-state index >= 15 is 0 Å². The Bertz CT molecular complexity index is 920. The monoisotopic (exact) mass is 352 g/mol. The fourth-order valence-electron chi connectivity index (χ4n) is 2.90. The van der Waals surface area contributed by atoms with Crippen LogP contribution in [-0.2, 0) is 4.79 Å². The van der Waals surface area contributed by atoms with Gasteiger partial charge in [-0.1, -0.05) is 0 Å². The van der Waals surface area contributed by atoms with E-state index < -0.39 is 4.92 Å². The number of carbonyl (C=O) groups is 1. The van der Waals surface area contributed by atoms with Crippen molar-refractivity contribution >= 4 is 28.7 Å². The number of ether oxygens (including phenoxy) is 1. The lowest BCUT2D eigenvalue weighted by Gasteiger charge is -2.20. The lowest BCUT2D eigenvalue weighted by atomic mass is 10.1. The van der Waals surface area contributed by atoms with Gasteiger partial charge in [0, 0.05) is 30.8 Å². The number of hydrogen-bond donors (Lipinski definition) is 1. The summed E-state index contributed by atoms with van der Waals surface area (Å²) in [6.45, 7) is 0.637. The van der Waals surface area contributed by atoms with Gasteiger partial charge in [0.1, 0.15) is 11.4 Å². The average Bonchev–Trinajstić information content (AvgIpc) is 3.07. The summed E-state index contributed by atoms with van der Waals surface area (Å²) in [5, 5.41) is 23.2. The Morgan fingerprint density at radius 1 is 1.31 bits per heavy atom. The molecule has 3 rings (SSSR count). The first-order valence-corrected chi connectivity index (χ1v) is 7.97. The van der Waals surface area contributed by atoms with Crippen LogP contribution >= 0.6 is 0 Å². The first kappa shape index (κ1) is 17.2. The molecule has 0 saturated carbocycles. The number of amides is 1. The second-order valence-electron chi connectivity index (χ2n) is 5.76. The summed E-state index contributed by atoms with van der Waals surface area (Å²) in [7, 11) is 1.50. The van der Waals surface area contributed by atoms with E-state index in [0.29, 0.717) is 35.7 Å². The molecule has 1 fully saturated rings. The van der Waals surface area contributed by atoms with Gasteiger partial charge in [-0.25, -0.2) is 0 Å². The molecular formula is C18H16N4O4. The van der Waals surface area contributed by atoms with E-state index in [1.165, 1.54) is 25.3 Å². The van der Waals surface area contributed by atoms with Gasteiger partial charge >= 0.3 is 0 Å². The van der Waals surface area contributed by atoms with Crippen LogP contribution in [0.1, 0.15) is 18.4 Å². The molecule has 1 amide bonds. The maximum absolute atomic E-state index is 12.0. The number of nitrogens with zero attached hydrogens (tertiary/aromatic N) is 3. The van der Waals surface area contributed by atoms with Gasteiger partial charge in [-0.15, -0.1) is 0 Å². The van der Waals surface area contributed by atoms with Crippen molar-refractivity contribution in [2.24, 2.45) is 0 Å². The van der Waals surface area contributed by atoms with Crippen LogP contribution in [-0.4, -0.2) is 24.5 Å². The van der Waals surface area contributed by atoms with Gasteiger partial charge in [0.2, 0.25) is 5.91 Å². The molecule has 2 aromatic rings. The molecule has 1 aliphatic heterocycles. The summed E-state index contributed by atoms with van der Waals surface area (Å²) in [5.41, 5.74) is 1.60. The lowest BCUT2D eigenvalue weighted by Crippen LogP contribution is -2.24. The molecule has 0 radical (unpaired) electrons. The van der Waals surface area contributed by atoms with Crippen LogP contribution in [0, 0.1) is 21.4 Å². The average molecular weight is 352 g/mol. The highest BCUT2D eigenvalue weighted by molar-refractivity contribution is 5.97. The maximum atomic E-state index is 12.0. The van der Waals surface area contributed by atoms with Crippen molar-refractivity contribution in [3.8, 4) is 11.8 Å².